The largest absolute Gasteiger partial charge is 0.497 e. The van der Waals surface area contributed by atoms with Crippen LogP contribution in [0.1, 0.15) is 12.8 Å². The van der Waals surface area contributed by atoms with Crippen molar-refractivity contribution in [1.82, 2.24) is 4.31 Å². The molecule has 0 saturated carbocycles. The van der Waals surface area contributed by atoms with Crippen LogP contribution in [0.3, 0.4) is 0 Å². The number of guanidine groups is 2. The van der Waals surface area contributed by atoms with Gasteiger partial charge in [0.1, 0.15) is 5.75 Å². The molecule has 126 valence electrons. The molecule has 1 fully saturated rings. The normalized spacial score (nSPS) is 17.3. The molecule has 0 bridgehead atoms. The van der Waals surface area contributed by atoms with Crippen LogP contribution in [-0.2, 0) is 10.2 Å². The van der Waals surface area contributed by atoms with Crippen molar-refractivity contribution in [3.05, 3.63) is 24.3 Å². The Hall–Kier alpha value is -2.33. The van der Waals surface area contributed by atoms with Crippen molar-refractivity contribution in [2.45, 2.75) is 12.8 Å². The first kappa shape index (κ1) is 17.0. The number of anilines is 1. The van der Waals surface area contributed by atoms with E-state index in [0.717, 1.165) is 12.8 Å². The topological polar surface area (TPSA) is 135 Å². The standard InChI is InChI=1S/C13H20N6O3S/c1-22-11-6-4-10(5-7-11)16-12(14)17-13(15)18-23(20,21)19-8-2-3-9-19/h4-7H,2-3,8-9H2,1H3,(H5,14,15,16,17,18). The predicted octanol–water partition coefficient (Wildman–Crippen LogP) is 0.0771. The van der Waals surface area contributed by atoms with Gasteiger partial charge in [-0.1, -0.05) is 0 Å². The minimum absolute atomic E-state index is 0.0620. The monoisotopic (exact) mass is 340 g/mol. The Morgan fingerprint density at radius 3 is 2.39 bits per heavy atom. The number of nitrogens with zero attached hydrogens (tertiary/aromatic N) is 3. The zero-order valence-electron chi connectivity index (χ0n) is 12.8. The number of nitrogens with two attached hydrogens (primary N) is 2. The molecule has 1 aromatic rings. The molecule has 1 saturated heterocycles. The molecule has 23 heavy (non-hydrogen) atoms. The lowest BCUT2D eigenvalue weighted by molar-refractivity contribution is 0.415. The summed E-state index contributed by atoms with van der Waals surface area (Å²) in [5.41, 5.74) is 11.9. The Balaban J connectivity index is 2.04. The first-order chi connectivity index (χ1) is 10.9. The fourth-order valence-corrected chi connectivity index (χ4v) is 3.20. The van der Waals surface area contributed by atoms with Crippen LogP contribution in [0.15, 0.2) is 33.7 Å². The van der Waals surface area contributed by atoms with Gasteiger partial charge in [0.25, 0.3) is 0 Å². The smallest absolute Gasteiger partial charge is 0.325 e. The first-order valence-corrected chi connectivity index (χ1v) is 8.41. The molecule has 9 nitrogen and oxygen atoms in total. The van der Waals surface area contributed by atoms with E-state index in [-0.39, 0.29) is 5.96 Å². The van der Waals surface area contributed by atoms with Crippen LogP contribution in [0.25, 0.3) is 0 Å². The summed E-state index contributed by atoms with van der Waals surface area (Å²) in [6, 6.07) is 6.95. The Bertz CT molecular complexity index is 693. The summed E-state index contributed by atoms with van der Waals surface area (Å²) >= 11 is 0. The van der Waals surface area contributed by atoms with Crippen molar-refractivity contribution >= 4 is 27.8 Å². The molecule has 1 aromatic carbocycles. The van der Waals surface area contributed by atoms with Crippen LogP contribution in [0, 0.1) is 0 Å². The average Bonchev–Trinajstić information content (AvgIpc) is 3.02. The van der Waals surface area contributed by atoms with E-state index in [1.54, 1.807) is 31.4 Å². The minimum atomic E-state index is -3.80. The second-order valence-corrected chi connectivity index (χ2v) is 6.48. The van der Waals surface area contributed by atoms with Crippen molar-refractivity contribution in [3.63, 3.8) is 0 Å². The Morgan fingerprint density at radius 1 is 1.22 bits per heavy atom. The maximum atomic E-state index is 12.0. The fourth-order valence-electron chi connectivity index (χ4n) is 2.09. The van der Waals surface area contributed by atoms with Gasteiger partial charge in [0, 0.05) is 18.8 Å². The van der Waals surface area contributed by atoms with Crippen molar-refractivity contribution < 1.29 is 13.2 Å². The van der Waals surface area contributed by atoms with Gasteiger partial charge in [-0.25, -0.2) is 0 Å². The lowest BCUT2D eigenvalue weighted by Crippen LogP contribution is -2.30. The van der Waals surface area contributed by atoms with E-state index in [0.29, 0.717) is 24.5 Å². The second-order valence-electron chi connectivity index (χ2n) is 4.88. The van der Waals surface area contributed by atoms with E-state index in [1.807, 2.05) is 0 Å². The van der Waals surface area contributed by atoms with Crippen molar-refractivity contribution in [2.24, 2.45) is 20.9 Å². The highest BCUT2D eigenvalue weighted by Gasteiger charge is 2.24. The summed E-state index contributed by atoms with van der Waals surface area (Å²) in [6.45, 7) is 0.894. The number of aliphatic imine (C=N–C) groups is 1. The Kier molecular flexibility index (Phi) is 5.40. The Labute approximate surface area is 135 Å². The lowest BCUT2D eigenvalue weighted by atomic mass is 10.3. The third-order valence-electron chi connectivity index (χ3n) is 3.20. The first-order valence-electron chi connectivity index (χ1n) is 7.01. The SMILES string of the molecule is COc1ccc(N/C(N)=N/C(N)=N/S(=O)(=O)N2CCCC2)cc1. The lowest BCUT2D eigenvalue weighted by Gasteiger charge is -2.11. The van der Waals surface area contributed by atoms with Gasteiger partial charge in [-0.15, -0.1) is 4.40 Å². The third kappa shape index (κ3) is 4.83. The molecule has 2 rings (SSSR count). The van der Waals surface area contributed by atoms with Gasteiger partial charge >= 0.3 is 10.2 Å². The summed E-state index contributed by atoms with van der Waals surface area (Å²) in [5.74, 6) is 0.215. The molecule has 1 heterocycles. The van der Waals surface area contributed by atoms with Gasteiger partial charge < -0.3 is 21.5 Å². The molecule has 0 unspecified atom stereocenters. The summed E-state index contributed by atoms with van der Waals surface area (Å²) in [7, 11) is -2.23. The minimum Gasteiger partial charge on any atom is -0.497 e. The molecule has 0 radical (unpaired) electrons. The molecule has 0 aliphatic carbocycles. The van der Waals surface area contributed by atoms with Gasteiger partial charge in [0.05, 0.1) is 7.11 Å². The molecule has 5 N–H and O–H groups in total. The van der Waals surface area contributed by atoms with E-state index in [4.69, 9.17) is 16.2 Å². The van der Waals surface area contributed by atoms with Crippen molar-refractivity contribution in [1.29, 1.82) is 0 Å². The number of hydrogen-bond acceptors (Lipinski definition) is 3. The second kappa shape index (κ2) is 7.29. The summed E-state index contributed by atoms with van der Waals surface area (Å²) in [6.07, 6.45) is 1.64. The zero-order chi connectivity index (χ0) is 16.9. The molecule has 0 amide bonds. The van der Waals surface area contributed by atoms with E-state index >= 15 is 0 Å². The van der Waals surface area contributed by atoms with Gasteiger partial charge in [-0.3, -0.25) is 0 Å². The summed E-state index contributed by atoms with van der Waals surface area (Å²) in [5, 5.41) is 2.78. The molecule has 1 aliphatic heterocycles. The van der Waals surface area contributed by atoms with Crippen LogP contribution < -0.4 is 21.5 Å². The van der Waals surface area contributed by atoms with Crippen LogP contribution in [0.5, 0.6) is 5.75 Å². The van der Waals surface area contributed by atoms with Gasteiger partial charge in [-0.2, -0.15) is 17.7 Å². The van der Waals surface area contributed by atoms with Gasteiger partial charge in [0.15, 0.2) is 0 Å². The van der Waals surface area contributed by atoms with Crippen LogP contribution in [0.2, 0.25) is 0 Å². The van der Waals surface area contributed by atoms with Crippen LogP contribution >= 0.6 is 0 Å². The fraction of sp³-hybridized carbons (Fsp3) is 0.385. The molecule has 1 aliphatic rings. The number of hydrogen-bond donors (Lipinski definition) is 3. The molecule has 0 spiro atoms. The number of rotatable bonds is 4. The summed E-state index contributed by atoms with van der Waals surface area (Å²) in [4.78, 5) is 3.75. The highest BCUT2D eigenvalue weighted by atomic mass is 32.2. The maximum absolute atomic E-state index is 12.0. The highest BCUT2D eigenvalue weighted by Crippen LogP contribution is 2.15. The quantitative estimate of drug-likeness (QED) is 0.524. The van der Waals surface area contributed by atoms with E-state index in [2.05, 4.69) is 14.7 Å². The van der Waals surface area contributed by atoms with Crippen molar-refractivity contribution in [2.75, 3.05) is 25.5 Å². The molecular formula is C13H20N6O3S. The van der Waals surface area contributed by atoms with E-state index in [1.165, 1.54) is 4.31 Å². The number of methoxy groups -OCH3 is 1. The molecule has 0 aromatic heterocycles. The zero-order valence-corrected chi connectivity index (χ0v) is 13.6. The number of ether oxygens (including phenoxy) is 1. The third-order valence-corrected chi connectivity index (χ3v) is 4.63. The average molecular weight is 340 g/mol. The van der Waals surface area contributed by atoms with Gasteiger partial charge in [-0.05, 0) is 37.1 Å². The number of nitrogens with one attached hydrogen (secondary N) is 1. The van der Waals surface area contributed by atoms with Crippen LogP contribution in [0.4, 0.5) is 5.69 Å². The Morgan fingerprint density at radius 2 is 1.83 bits per heavy atom. The predicted molar refractivity (Wildman–Crippen MR) is 89.6 cm³/mol. The van der Waals surface area contributed by atoms with Crippen LogP contribution in [-0.4, -0.2) is 44.8 Å². The molecular weight excluding hydrogens is 320 g/mol. The highest BCUT2D eigenvalue weighted by molar-refractivity contribution is 7.87. The van der Waals surface area contributed by atoms with Crippen molar-refractivity contribution in [3.8, 4) is 5.75 Å². The van der Waals surface area contributed by atoms with E-state index in [9.17, 15) is 8.42 Å². The maximum Gasteiger partial charge on any atom is 0.325 e. The number of benzene rings is 1. The molecule has 10 heteroatoms. The molecule has 0 atom stereocenters. The van der Waals surface area contributed by atoms with E-state index < -0.39 is 16.2 Å². The summed E-state index contributed by atoms with van der Waals surface area (Å²) < 4.78 is 33.7. The van der Waals surface area contributed by atoms with Gasteiger partial charge in [0.2, 0.25) is 11.9 Å².